The quantitative estimate of drug-likeness (QED) is 0.748. The van der Waals surface area contributed by atoms with E-state index in [-0.39, 0.29) is 6.10 Å². The molecule has 0 spiro atoms. The lowest BCUT2D eigenvalue weighted by Crippen LogP contribution is -1.93. The second kappa shape index (κ2) is 2.47. The molecule has 60 valence electrons. The molecule has 11 heavy (non-hydrogen) atoms. The van der Waals surface area contributed by atoms with Crippen LogP contribution >= 0.6 is 27.3 Å². The topological polar surface area (TPSA) is 35.2 Å². The number of ether oxygens (including phenoxy) is 1. The van der Waals surface area contributed by atoms with Gasteiger partial charge in [0.25, 0.3) is 0 Å². The third-order valence-electron chi connectivity index (χ3n) is 1.89. The SMILES string of the molecule is CC1OCc2sc(Br)c(N)c21. The van der Waals surface area contributed by atoms with E-state index in [1.807, 2.05) is 6.92 Å². The van der Waals surface area contributed by atoms with Crippen molar-refractivity contribution < 1.29 is 4.74 Å². The fourth-order valence-electron chi connectivity index (χ4n) is 1.31. The Morgan fingerprint density at radius 3 is 3.09 bits per heavy atom. The van der Waals surface area contributed by atoms with Crippen molar-refractivity contribution in [3.63, 3.8) is 0 Å². The highest BCUT2D eigenvalue weighted by molar-refractivity contribution is 9.11. The molecule has 0 aliphatic carbocycles. The van der Waals surface area contributed by atoms with Crippen LogP contribution in [-0.4, -0.2) is 0 Å². The molecule has 0 radical (unpaired) electrons. The summed E-state index contributed by atoms with van der Waals surface area (Å²) in [5.74, 6) is 0. The Hall–Kier alpha value is -0.0600. The van der Waals surface area contributed by atoms with Gasteiger partial charge in [-0.15, -0.1) is 11.3 Å². The normalized spacial score (nSPS) is 22.2. The molecular formula is C7H8BrNOS. The Morgan fingerprint density at radius 2 is 2.45 bits per heavy atom. The van der Waals surface area contributed by atoms with Gasteiger partial charge in [0.05, 0.1) is 22.2 Å². The van der Waals surface area contributed by atoms with Crippen molar-refractivity contribution in [2.75, 3.05) is 5.73 Å². The molecule has 0 saturated heterocycles. The summed E-state index contributed by atoms with van der Waals surface area (Å²) in [6.45, 7) is 2.75. The van der Waals surface area contributed by atoms with E-state index >= 15 is 0 Å². The van der Waals surface area contributed by atoms with Gasteiger partial charge in [0.1, 0.15) is 0 Å². The summed E-state index contributed by atoms with van der Waals surface area (Å²) < 4.78 is 6.45. The van der Waals surface area contributed by atoms with Gasteiger partial charge in [0, 0.05) is 10.4 Å². The van der Waals surface area contributed by atoms with Crippen LogP contribution < -0.4 is 5.73 Å². The highest BCUT2D eigenvalue weighted by atomic mass is 79.9. The van der Waals surface area contributed by atoms with E-state index in [0.717, 1.165) is 16.1 Å². The maximum atomic E-state index is 5.83. The predicted octanol–water partition coefficient (Wildman–Crippen LogP) is 2.68. The number of fused-ring (bicyclic) bond motifs is 1. The second-order valence-corrected chi connectivity index (χ2v) is 5.00. The maximum absolute atomic E-state index is 5.83. The first kappa shape index (κ1) is 7.58. The summed E-state index contributed by atoms with van der Waals surface area (Å²) in [5.41, 5.74) is 7.87. The molecule has 1 atom stereocenters. The zero-order chi connectivity index (χ0) is 8.01. The average Bonchev–Trinajstić information content (AvgIpc) is 2.41. The first-order valence-corrected chi connectivity index (χ1v) is 4.99. The van der Waals surface area contributed by atoms with Crippen molar-refractivity contribution in [1.82, 2.24) is 0 Å². The van der Waals surface area contributed by atoms with Crippen LogP contribution in [0.2, 0.25) is 0 Å². The van der Waals surface area contributed by atoms with Crippen molar-refractivity contribution >= 4 is 33.0 Å². The van der Waals surface area contributed by atoms with Gasteiger partial charge >= 0.3 is 0 Å². The van der Waals surface area contributed by atoms with Crippen LogP contribution in [0.4, 0.5) is 5.69 Å². The minimum atomic E-state index is 0.174. The second-order valence-electron chi connectivity index (χ2n) is 2.58. The molecule has 1 unspecified atom stereocenters. The highest BCUT2D eigenvalue weighted by Crippen LogP contribution is 2.44. The molecule has 0 saturated carbocycles. The number of hydrogen-bond acceptors (Lipinski definition) is 3. The summed E-state index contributed by atoms with van der Waals surface area (Å²) in [6.07, 6.45) is 0.174. The molecule has 1 aliphatic heterocycles. The third kappa shape index (κ3) is 1.01. The standard InChI is InChI=1S/C7H8BrNOS/c1-3-5-4(2-10-3)11-7(8)6(5)9/h3H,2,9H2,1H3. The minimum Gasteiger partial charge on any atom is -0.397 e. The maximum Gasteiger partial charge on any atom is 0.0935 e. The molecule has 2 N–H and O–H groups in total. The average molecular weight is 234 g/mol. The van der Waals surface area contributed by atoms with Crippen LogP contribution in [0.15, 0.2) is 3.79 Å². The van der Waals surface area contributed by atoms with Gasteiger partial charge in [-0.2, -0.15) is 0 Å². The van der Waals surface area contributed by atoms with Gasteiger partial charge in [0.15, 0.2) is 0 Å². The molecule has 2 rings (SSSR count). The van der Waals surface area contributed by atoms with Gasteiger partial charge in [-0.05, 0) is 22.9 Å². The van der Waals surface area contributed by atoms with E-state index < -0.39 is 0 Å². The molecule has 0 aromatic carbocycles. The largest absolute Gasteiger partial charge is 0.397 e. The predicted molar refractivity (Wildman–Crippen MR) is 49.6 cm³/mol. The molecule has 0 bridgehead atoms. The fourth-order valence-corrected chi connectivity index (χ4v) is 3.06. The Bertz CT molecular complexity index is 297. The molecular weight excluding hydrogens is 226 g/mol. The van der Waals surface area contributed by atoms with Gasteiger partial charge in [0.2, 0.25) is 0 Å². The number of hydrogen-bond donors (Lipinski definition) is 1. The summed E-state index contributed by atoms with van der Waals surface area (Å²) in [7, 11) is 0. The lowest BCUT2D eigenvalue weighted by atomic mass is 10.2. The van der Waals surface area contributed by atoms with Crippen LogP contribution in [0.25, 0.3) is 0 Å². The number of thiophene rings is 1. The van der Waals surface area contributed by atoms with Crippen LogP contribution in [0.3, 0.4) is 0 Å². The fraction of sp³-hybridized carbons (Fsp3) is 0.429. The molecule has 0 fully saturated rings. The Labute approximate surface area is 77.5 Å². The molecule has 2 heterocycles. The van der Waals surface area contributed by atoms with Crippen LogP contribution in [0.1, 0.15) is 23.5 Å². The van der Waals surface area contributed by atoms with E-state index in [1.54, 1.807) is 11.3 Å². The highest BCUT2D eigenvalue weighted by Gasteiger charge is 2.25. The minimum absolute atomic E-state index is 0.174. The Morgan fingerprint density at radius 1 is 1.73 bits per heavy atom. The number of rotatable bonds is 0. The van der Waals surface area contributed by atoms with Crippen LogP contribution in [0.5, 0.6) is 0 Å². The van der Waals surface area contributed by atoms with E-state index in [0.29, 0.717) is 0 Å². The number of nitrogens with two attached hydrogens (primary N) is 1. The zero-order valence-corrected chi connectivity index (χ0v) is 8.46. The number of anilines is 1. The molecule has 1 aromatic heterocycles. The first-order chi connectivity index (χ1) is 5.20. The smallest absolute Gasteiger partial charge is 0.0935 e. The third-order valence-corrected chi connectivity index (χ3v) is 3.78. The number of halogens is 1. The van der Waals surface area contributed by atoms with Gasteiger partial charge in [-0.3, -0.25) is 0 Å². The summed E-state index contributed by atoms with van der Waals surface area (Å²) in [5, 5.41) is 0. The summed E-state index contributed by atoms with van der Waals surface area (Å²) in [6, 6.07) is 0. The van der Waals surface area contributed by atoms with Gasteiger partial charge in [-0.1, -0.05) is 0 Å². The van der Waals surface area contributed by atoms with Crippen molar-refractivity contribution in [2.45, 2.75) is 19.6 Å². The van der Waals surface area contributed by atoms with E-state index in [1.165, 1.54) is 10.4 Å². The molecule has 1 aromatic rings. The van der Waals surface area contributed by atoms with E-state index in [2.05, 4.69) is 15.9 Å². The lowest BCUT2D eigenvalue weighted by molar-refractivity contribution is 0.0805. The van der Waals surface area contributed by atoms with E-state index in [9.17, 15) is 0 Å². The monoisotopic (exact) mass is 233 g/mol. The van der Waals surface area contributed by atoms with Crippen LogP contribution in [0, 0.1) is 0 Å². The Kier molecular flexibility index (Phi) is 1.70. The number of nitrogen functional groups attached to an aromatic ring is 1. The van der Waals surface area contributed by atoms with Gasteiger partial charge in [-0.25, -0.2) is 0 Å². The lowest BCUT2D eigenvalue weighted by Gasteiger charge is -2.02. The molecule has 0 amide bonds. The van der Waals surface area contributed by atoms with Gasteiger partial charge < -0.3 is 10.5 Å². The molecule has 4 heteroatoms. The van der Waals surface area contributed by atoms with Crippen molar-refractivity contribution in [2.24, 2.45) is 0 Å². The summed E-state index contributed by atoms with van der Waals surface area (Å²) in [4.78, 5) is 1.27. The van der Waals surface area contributed by atoms with E-state index in [4.69, 9.17) is 10.5 Å². The van der Waals surface area contributed by atoms with Crippen LogP contribution in [-0.2, 0) is 11.3 Å². The Balaban J connectivity index is 2.58. The molecule has 2 nitrogen and oxygen atoms in total. The summed E-state index contributed by atoms with van der Waals surface area (Å²) >= 11 is 5.08. The van der Waals surface area contributed by atoms with Crippen molar-refractivity contribution in [3.05, 3.63) is 14.2 Å². The van der Waals surface area contributed by atoms with Crippen molar-refractivity contribution in [3.8, 4) is 0 Å². The zero-order valence-electron chi connectivity index (χ0n) is 6.06. The van der Waals surface area contributed by atoms with Crippen molar-refractivity contribution in [1.29, 1.82) is 0 Å². The molecule has 1 aliphatic rings. The first-order valence-electron chi connectivity index (χ1n) is 3.38.